The average Bonchev–Trinajstić information content (AvgIpc) is 1.68. The number of primary amides is 2. The summed E-state index contributed by atoms with van der Waals surface area (Å²) in [4.78, 5) is 242. The van der Waals surface area contributed by atoms with E-state index in [0.717, 1.165) is 26.5 Å². The second-order valence-corrected chi connectivity index (χ2v) is 38.1. The number of aromatic amines is 1. The molecule has 4 aliphatic heterocycles. The second-order valence-electron chi connectivity index (χ2n) is 32.3. The van der Waals surface area contributed by atoms with Crippen molar-refractivity contribution in [1.82, 2.24) is 77.8 Å². The number of rotatable bonds is 30. The molecule has 1 fully saturated rings. The largest absolute Gasteiger partial charge is 0.445 e. The first-order valence-corrected chi connectivity index (χ1v) is 43.9. The fourth-order valence-corrected chi connectivity index (χ4v) is 15.9. The number of para-hydroxylation sites is 1. The van der Waals surface area contributed by atoms with Gasteiger partial charge in [-0.05, 0) is 91.9 Å². The molecule has 0 aliphatic carbocycles. The van der Waals surface area contributed by atoms with Gasteiger partial charge in [0.25, 0.3) is 11.8 Å². The zero-order valence-corrected chi connectivity index (χ0v) is 71.5. The molecule has 0 radical (unpaired) electrons. The molecule has 1 aromatic heterocycles. The van der Waals surface area contributed by atoms with E-state index >= 15 is 14.4 Å². The van der Waals surface area contributed by atoms with Crippen molar-refractivity contribution >= 4 is 138 Å². The van der Waals surface area contributed by atoms with E-state index in [9.17, 15) is 67.1 Å². The van der Waals surface area contributed by atoms with Crippen molar-refractivity contribution in [1.29, 1.82) is 0 Å². The van der Waals surface area contributed by atoms with Crippen molar-refractivity contribution in [3.05, 3.63) is 71.8 Å². The molecule has 12 atom stereocenters. The number of hydrogen-bond donors (Lipinski definition) is 14. The van der Waals surface area contributed by atoms with Gasteiger partial charge in [-0.2, -0.15) is 0 Å². The summed E-state index contributed by atoms with van der Waals surface area (Å²) in [5, 5.41) is 29.9. The van der Waals surface area contributed by atoms with Crippen molar-refractivity contribution in [3.63, 3.8) is 0 Å². The Labute approximate surface area is 696 Å². The van der Waals surface area contributed by atoms with Crippen LogP contribution in [0.2, 0.25) is 18.1 Å². The van der Waals surface area contributed by atoms with Crippen LogP contribution < -0.4 is 70.0 Å². The SMILES string of the molecule is CC[C@H](C)[C@@H]1NC(=O)CNC(=O)[C@@H]2Cc3c([nH]c4ccccc34)SC[C@H](NC(=O)CNC1=O)C(=O)N[C@@H](CC(N)=O)C(=O)N1C[C@H](OC(=O)N(C)CCN(C)C(=O)OCc3ccc(NC(=O)[C@H](CCCNC(N)=O)NC(=O)[C@@H](NC(=O)CCCCCN4C(=O)C=CC4=O)C(C)C)cc3)CC1C(=O)N[C@@H]([C@@H](C)C(C)O[Si](C)(C)C(C)(C)C)C(=O)N2. The van der Waals surface area contributed by atoms with Crippen LogP contribution in [0.15, 0.2) is 65.7 Å². The molecule has 119 heavy (non-hydrogen) atoms. The number of nitrogens with one attached hydrogen (secondary N) is 12. The number of nitrogens with zero attached hydrogens (tertiary/aromatic N) is 4. The first-order chi connectivity index (χ1) is 56.1. The highest BCUT2D eigenvalue weighted by Crippen LogP contribution is 2.39. The van der Waals surface area contributed by atoms with Crippen molar-refractivity contribution in [3.8, 4) is 0 Å². The Balaban J connectivity index is 1.07. The zero-order valence-electron chi connectivity index (χ0n) is 69.7. The van der Waals surface area contributed by atoms with Gasteiger partial charge in [-0.25, -0.2) is 14.4 Å². The summed E-state index contributed by atoms with van der Waals surface area (Å²) in [6.07, 6.45) is -0.999. The number of hydrogen-bond acceptors (Lipinski definition) is 21. The predicted molar refractivity (Wildman–Crippen MR) is 439 cm³/mol. The Kier molecular flexibility index (Phi) is 34.7. The van der Waals surface area contributed by atoms with Crippen LogP contribution >= 0.6 is 11.8 Å². The summed E-state index contributed by atoms with van der Waals surface area (Å²) < 4.78 is 18.4. The monoisotopic (exact) mass is 1700 g/mol. The van der Waals surface area contributed by atoms with E-state index in [1.54, 1.807) is 77.9 Å². The van der Waals surface area contributed by atoms with Gasteiger partial charge in [0, 0.05) is 106 Å². The number of benzene rings is 2. The average molecular weight is 1700 g/mol. The van der Waals surface area contributed by atoms with E-state index in [4.69, 9.17) is 25.4 Å². The molecule has 16 N–H and O–H groups in total. The summed E-state index contributed by atoms with van der Waals surface area (Å²) >= 11 is 1.02. The molecule has 3 aromatic rings. The van der Waals surface area contributed by atoms with Gasteiger partial charge in [0.15, 0.2) is 8.32 Å². The van der Waals surface area contributed by atoms with Gasteiger partial charge in [-0.1, -0.05) is 98.6 Å². The van der Waals surface area contributed by atoms with Crippen molar-refractivity contribution < 1.29 is 95.4 Å². The topological polar surface area (TPSA) is 531 Å². The van der Waals surface area contributed by atoms with Crippen LogP contribution in [0, 0.1) is 17.8 Å². The molecule has 38 nitrogen and oxygen atoms in total. The summed E-state index contributed by atoms with van der Waals surface area (Å²) in [7, 11) is 0.0926. The van der Waals surface area contributed by atoms with Crippen molar-refractivity contribution in [2.75, 3.05) is 71.0 Å². The normalized spacial score (nSPS) is 21.2. The van der Waals surface area contributed by atoms with Gasteiger partial charge >= 0.3 is 18.2 Å². The number of aromatic nitrogens is 1. The van der Waals surface area contributed by atoms with Gasteiger partial charge in [-0.15, -0.1) is 11.8 Å². The lowest BCUT2D eigenvalue weighted by molar-refractivity contribution is -0.144. The molecule has 7 rings (SSSR count). The van der Waals surface area contributed by atoms with Gasteiger partial charge in [-0.3, -0.25) is 72.0 Å². The molecule has 2 unspecified atom stereocenters. The summed E-state index contributed by atoms with van der Waals surface area (Å²) in [5.74, 6) is -13.0. The number of anilines is 1. The van der Waals surface area contributed by atoms with Crippen LogP contribution in [0.5, 0.6) is 0 Å². The summed E-state index contributed by atoms with van der Waals surface area (Å²) in [6.45, 7) is 18.1. The molecule has 4 aliphatic rings. The maximum atomic E-state index is 15.6. The van der Waals surface area contributed by atoms with E-state index in [1.807, 2.05) is 33.9 Å². The molecule has 1 saturated heterocycles. The Morgan fingerprint density at radius 3 is 1.99 bits per heavy atom. The molecular formula is C79H116N18O20SSi. The van der Waals surface area contributed by atoms with E-state index in [2.05, 4.69) is 63.5 Å². The number of carbonyl (C=O) groups is 17. The number of likely N-dealkylation sites (N-methyl/N-ethyl adjacent to an activating group) is 2. The molecule has 18 amide bonds. The van der Waals surface area contributed by atoms with Crippen LogP contribution in [0.25, 0.3) is 10.9 Å². The fraction of sp³-hybridized carbons (Fsp3) is 0.582. The Morgan fingerprint density at radius 2 is 1.35 bits per heavy atom. The quantitative estimate of drug-likeness (QED) is 0.0254. The number of fused-ring (bicyclic) bond motifs is 5. The molecule has 652 valence electrons. The summed E-state index contributed by atoms with van der Waals surface area (Å²) in [6, 6.07) is 0.791. The number of carbonyl (C=O) groups excluding carboxylic acids is 17. The lowest BCUT2D eigenvalue weighted by atomic mass is 9.94. The highest BCUT2D eigenvalue weighted by molar-refractivity contribution is 7.99. The van der Waals surface area contributed by atoms with E-state index < -0.39 is 220 Å². The van der Waals surface area contributed by atoms with Gasteiger partial charge in [0.05, 0.1) is 31.1 Å². The second kappa shape index (κ2) is 43.5. The number of unbranched alkanes of at least 4 members (excludes halogenated alkanes) is 2. The summed E-state index contributed by atoms with van der Waals surface area (Å²) in [5.41, 5.74) is 12.8. The molecule has 2 aromatic carbocycles. The molecule has 5 heterocycles. The highest BCUT2D eigenvalue weighted by Gasteiger charge is 2.48. The minimum atomic E-state index is -2.67. The number of ether oxygens (including phenoxy) is 2. The number of imide groups is 1. The molecule has 0 spiro atoms. The number of H-pyrrole nitrogens is 1. The smallest absolute Gasteiger partial charge is 0.409 e. The first kappa shape index (κ1) is 95.0. The standard InChI is InChI=1S/C79H116N18O20SSi/c1-14-44(4)65-71(108)84-38-60(100)86-56-42-118-74-51(50-21-17-18-22-52(50)90-74)36-54(67(104)83-39-61(101)92-65)88-73(110)66(45(5)46(6)117-119(12,13)79(7,8)9)93-70(107)57-35-49(40-97(57)75(111)55(37-58(80)98)89-69(56)106)116-78(114)95(11)34-33-94(10)77(113)115-41-47-25-27-48(28-26-47)85-68(105)53(23-20-31-82-76(81)112)87-72(109)64(43(2)3)91-59(99)24-16-15-19-32-96-62(102)29-30-63(96)103/h17-18,21-22,25-30,43-46,49,53-57,64-66,90H,14-16,19-20,23-24,31-42H2,1-13H3,(H2,80,98)(H,83,104)(H,84,108)(H,85,105)(H,86,100)(H,87,109)(H,88,110)(H,89,106)(H,91,99)(H,92,101)(H,93,107)(H3,81,82,112)/t44-,45-,46?,49+,53-,54-,55-,56-,57?,64-,65-,66-/m0/s1. The van der Waals surface area contributed by atoms with Crippen LogP contribution in [0.3, 0.4) is 0 Å². The maximum absolute atomic E-state index is 15.6. The van der Waals surface area contributed by atoms with Crippen LogP contribution in [0.1, 0.15) is 131 Å². The van der Waals surface area contributed by atoms with Crippen LogP contribution in [0.4, 0.5) is 20.1 Å². The lowest BCUT2D eigenvalue weighted by Gasteiger charge is -2.41. The number of urea groups is 1. The fourth-order valence-electron chi connectivity index (χ4n) is 13.3. The van der Waals surface area contributed by atoms with Crippen LogP contribution in [-0.2, 0) is 94.1 Å². The zero-order chi connectivity index (χ0) is 87.9. The van der Waals surface area contributed by atoms with E-state index in [-0.39, 0.29) is 69.3 Å². The first-order valence-electron chi connectivity index (χ1n) is 40.0. The van der Waals surface area contributed by atoms with E-state index in [0.29, 0.717) is 58.4 Å². The van der Waals surface area contributed by atoms with Crippen LogP contribution in [-0.4, -0.2) is 260 Å². The third kappa shape index (κ3) is 27.4. The molecule has 0 saturated carbocycles. The lowest BCUT2D eigenvalue weighted by Crippen LogP contribution is -2.62. The highest BCUT2D eigenvalue weighted by atomic mass is 32.2. The Bertz CT molecular complexity index is 4250. The third-order valence-corrected chi connectivity index (χ3v) is 27.5. The molecule has 40 heteroatoms. The van der Waals surface area contributed by atoms with Crippen molar-refractivity contribution in [2.24, 2.45) is 29.2 Å². The van der Waals surface area contributed by atoms with Gasteiger partial charge in [0.2, 0.25) is 70.9 Å². The van der Waals surface area contributed by atoms with Gasteiger partial charge < -0.3 is 104 Å². The molecular weight excluding hydrogens is 1580 g/mol. The Morgan fingerprint density at radius 1 is 0.706 bits per heavy atom. The number of amides is 18. The van der Waals surface area contributed by atoms with E-state index in [1.165, 1.54) is 43.3 Å². The number of nitrogens with two attached hydrogens (primary N) is 2. The van der Waals surface area contributed by atoms with Crippen molar-refractivity contribution in [2.45, 2.75) is 217 Å². The third-order valence-electron chi connectivity index (χ3n) is 21.8. The predicted octanol–water partition coefficient (Wildman–Crippen LogP) is 1.26. The Hall–Kier alpha value is -11.2. The minimum Gasteiger partial charge on any atom is -0.445 e. The maximum Gasteiger partial charge on any atom is 0.409 e. The van der Waals surface area contributed by atoms with Gasteiger partial charge in [0.1, 0.15) is 61.0 Å². The molecule has 2 bridgehead atoms. The number of thioether (sulfide) groups is 1. The minimum absolute atomic E-state index is 0.0441.